The van der Waals surface area contributed by atoms with Crippen molar-refractivity contribution in [3.8, 4) is 11.5 Å². The summed E-state index contributed by atoms with van der Waals surface area (Å²) in [6.07, 6.45) is 1.09. The summed E-state index contributed by atoms with van der Waals surface area (Å²) < 4.78 is 17.0. The minimum absolute atomic E-state index is 0.109. The Labute approximate surface area is 267 Å². The van der Waals surface area contributed by atoms with Gasteiger partial charge in [-0.2, -0.15) is 0 Å². The fourth-order valence-corrected chi connectivity index (χ4v) is 4.84. The second-order valence-electron chi connectivity index (χ2n) is 9.06. The van der Waals surface area contributed by atoms with Gasteiger partial charge in [-0.1, -0.05) is 58.5 Å². The van der Waals surface area contributed by atoms with E-state index >= 15 is 0 Å². The van der Waals surface area contributed by atoms with E-state index in [1.807, 2.05) is 0 Å². The van der Waals surface area contributed by atoms with Gasteiger partial charge in [0, 0.05) is 37.3 Å². The number of amides is 1. The first kappa shape index (κ1) is 34.1. The molecule has 10 nitrogen and oxygen atoms in total. The maximum atomic E-state index is 12.2. The third-order valence-corrected chi connectivity index (χ3v) is 6.90. The maximum Gasteiger partial charge on any atom is 0.337 e. The summed E-state index contributed by atoms with van der Waals surface area (Å²) in [4.78, 5) is 34.6. The second-order valence-corrected chi connectivity index (χ2v) is 10.7. The Morgan fingerprint density at radius 1 is 0.791 bits per heavy atom. The van der Waals surface area contributed by atoms with Crippen molar-refractivity contribution in [3.05, 3.63) is 79.7 Å². The molecule has 14 heteroatoms. The van der Waals surface area contributed by atoms with Gasteiger partial charge in [-0.25, -0.2) is 4.79 Å². The molecule has 0 fully saturated rings. The summed E-state index contributed by atoms with van der Waals surface area (Å²) in [5.41, 5.74) is 1.13. The number of hydrogen-bond acceptors (Lipinski definition) is 7. The van der Waals surface area contributed by atoms with Crippen molar-refractivity contribution in [2.24, 2.45) is 0 Å². The normalized spacial score (nSPS) is 11.5. The fourth-order valence-electron chi connectivity index (χ4n) is 3.65. The summed E-state index contributed by atoms with van der Waals surface area (Å²) in [5, 5.41) is 24.4. The Morgan fingerprint density at radius 2 is 1.30 bits per heavy atom. The number of hydrogen-bond donors (Lipinski definition) is 4. The summed E-state index contributed by atoms with van der Waals surface area (Å²) in [6.45, 7) is 2.68. The van der Waals surface area contributed by atoms with E-state index in [9.17, 15) is 19.5 Å². The lowest BCUT2D eigenvalue weighted by Gasteiger charge is -2.14. The van der Waals surface area contributed by atoms with Crippen LogP contribution >= 0.6 is 46.4 Å². The van der Waals surface area contributed by atoms with Gasteiger partial charge in [-0.15, -0.1) is 0 Å². The molecule has 0 aliphatic heterocycles. The van der Waals surface area contributed by atoms with Crippen molar-refractivity contribution < 1.29 is 38.8 Å². The number of nitrogens with one attached hydrogen (secondary N) is 2. The molecule has 0 aliphatic rings. The van der Waals surface area contributed by atoms with Crippen LogP contribution in [0.15, 0.2) is 48.5 Å². The number of para-hydroxylation sites is 1. The molecule has 1 atom stereocenters. The highest BCUT2D eigenvalue weighted by atomic mass is 35.5. The molecule has 230 valence electrons. The number of benzene rings is 3. The van der Waals surface area contributed by atoms with Gasteiger partial charge in [0.15, 0.2) is 11.5 Å². The van der Waals surface area contributed by atoms with Crippen LogP contribution < -0.4 is 20.1 Å². The van der Waals surface area contributed by atoms with E-state index in [-0.39, 0.29) is 43.6 Å². The second kappa shape index (κ2) is 16.4. The van der Waals surface area contributed by atoms with E-state index in [0.29, 0.717) is 49.8 Å². The van der Waals surface area contributed by atoms with Crippen LogP contribution in [0.2, 0.25) is 20.1 Å². The highest BCUT2D eigenvalue weighted by Crippen LogP contribution is 2.37. The number of rotatable bonds is 16. The Kier molecular flexibility index (Phi) is 13.0. The molecule has 0 heterocycles. The Morgan fingerprint density at radius 3 is 1.81 bits per heavy atom. The largest absolute Gasteiger partial charge is 0.490 e. The van der Waals surface area contributed by atoms with Gasteiger partial charge >= 0.3 is 11.9 Å². The number of ether oxygens (including phenoxy) is 3. The van der Waals surface area contributed by atoms with Crippen LogP contribution in [0.1, 0.15) is 40.5 Å². The number of carbonyl (C=O) groups excluding carboxylic acids is 1. The van der Waals surface area contributed by atoms with Crippen molar-refractivity contribution in [3.63, 3.8) is 0 Å². The van der Waals surface area contributed by atoms with Gasteiger partial charge in [0.05, 0.1) is 44.6 Å². The van der Waals surface area contributed by atoms with Gasteiger partial charge in [0.2, 0.25) is 0 Å². The monoisotopic (exact) mass is 672 g/mol. The van der Waals surface area contributed by atoms with E-state index in [1.165, 1.54) is 25.1 Å². The predicted molar refractivity (Wildman–Crippen MR) is 165 cm³/mol. The summed E-state index contributed by atoms with van der Waals surface area (Å²) >= 11 is 25.1. The number of carboxylic acids is 2. The first-order valence-corrected chi connectivity index (χ1v) is 14.4. The Bertz CT molecular complexity index is 1420. The van der Waals surface area contributed by atoms with Crippen molar-refractivity contribution in [1.29, 1.82) is 0 Å². The van der Waals surface area contributed by atoms with E-state index in [4.69, 9.17) is 65.7 Å². The van der Waals surface area contributed by atoms with Crippen molar-refractivity contribution in [2.75, 3.05) is 31.7 Å². The number of carboxylic acid groups (broad SMARTS) is 2. The standard InChI is InChI=1S/C29H28Cl4N2O8/c1-16(28(37)38)34-27(36)17-12-20(30)25(21(31)13-17)42-10-4-8-41-9-5-11-43-26-22(32)14-18(15-23(26)33)35-24-7-3-2-6-19(24)29(39)40/h2-3,6-7,12-16,35H,4-5,8-11H2,1H3,(H,34,36)(H,37,38)(H,39,40)/t16-/m1/s1. The Hall–Kier alpha value is -3.41. The molecule has 0 aromatic heterocycles. The molecule has 0 radical (unpaired) electrons. The van der Waals surface area contributed by atoms with Crippen LogP contribution in [0.4, 0.5) is 11.4 Å². The smallest absolute Gasteiger partial charge is 0.337 e. The molecule has 0 spiro atoms. The number of anilines is 2. The quantitative estimate of drug-likeness (QED) is 0.116. The first-order valence-electron chi connectivity index (χ1n) is 12.9. The van der Waals surface area contributed by atoms with Crippen LogP contribution in [0.3, 0.4) is 0 Å². The average molecular weight is 674 g/mol. The summed E-state index contributed by atoms with van der Waals surface area (Å²) in [5.74, 6) is -2.34. The topological polar surface area (TPSA) is 143 Å². The summed E-state index contributed by atoms with van der Waals surface area (Å²) in [6, 6.07) is 11.3. The minimum atomic E-state index is -1.17. The number of aromatic carboxylic acids is 1. The molecule has 4 N–H and O–H groups in total. The van der Waals surface area contributed by atoms with Crippen molar-refractivity contribution >= 4 is 75.6 Å². The predicted octanol–water partition coefficient (Wildman–Crippen LogP) is 7.20. The highest BCUT2D eigenvalue weighted by molar-refractivity contribution is 6.38. The van der Waals surface area contributed by atoms with Crippen LogP contribution in [0.25, 0.3) is 0 Å². The van der Waals surface area contributed by atoms with E-state index < -0.39 is 23.9 Å². The molecule has 3 aromatic carbocycles. The minimum Gasteiger partial charge on any atom is -0.490 e. The molecule has 0 aliphatic carbocycles. The molecule has 1 amide bonds. The lowest BCUT2D eigenvalue weighted by Crippen LogP contribution is -2.38. The Balaban J connectivity index is 1.37. The van der Waals surface area contributed by atoms with E-state index in [0.717, 1.165) is 0 Å². The molecule has 0 saturated carbocycles. The zero-order valence-electron chi connectivity index (χ0n) is 22.8. The zero-order valence-corrected chi connectivity index (χ0v) is 25.8. The van der Waals surface area contributed by atoms with E-state index in [1.54, 1.807) is 30.3 Å². The number of carbonyl (C=O) groups is 3. The lowest BCUT2D eigenvalue weighted by molar-refractivity contribution is -0.138. The molecule has 3 aromatic rings. The summed E-state index contributed by atoms with van der Waals surface area (Å²) in [7, 11) is 0. The lowest BCUT2D eigenvalue weighted by atomic mass is 10.1. The molecule has 0 bridgehead atoms. The van der Waals surface area contributed by atoms with Gasteiger partial charge < -0.3 is 35.1 Å². The first-order chi connectivity index (χ1) is 20.5. The highest BCUT2D eigenvalue weighted by Gasteiger charge is 2.19. The van der Waals surface area contributed by atoms with Crippen LogP contribution in [0, 0.1) is 0 Å². The molecule has 0 saturated heterocycles. The molecule has 43 heavy (non-hydrogen) atoms. The van der Waals surface area contributed by atoms with Gasteiger partial charge in [0.25, 0.3) is 5.91 Å². The van der Waals surface area contributed by atoms with Crippen LogP contribution in [-0.2, 0) is 9.53 Å². The molecule has 0 unspecified atom stereocenters. The third kappa shape index (κ3) is 10.1. The van der Waals surface area contributed by atoms with Gasteiger partial charge in [0.1, 0.15) is 6.04 Å². The molecule has 3 rings (SSSR count). The van der Waals surface area contributed by atoms with Crippen LogP contribution in [0.5, 0.6) is 11.5 Å². The van der Waals surface area contributed by atoms with Gasteiger partial charge in [-0.05, 0) is 43.3 Å². The maximum absolute atomic E-state index is 12.2. The van der Waals surface area contributed by atoms with Crippen molar-refractivity contribution in [1.82, 2.24) is 5.32 Å². The molecular weight excluding hydrogens is 646 g/mol. The zero-order chi connectivity index (χ0) is 31.5. The number of aliphatic carboxylic acids is 1. The van der Waals surface area contributed by atoms with E-state index in [2.05, 4.69) is 10.6 Å². The fraction of sp³-hybridized carbons (Fsp3) is 0.276. The SMILES string of the molecule is C[C@@H](NC(=O)c1cc(Cl)c(OCCCOCCCOc2c(Cl)cc(Nc3ccccc3C(=O)O)cc2Cl)c(Cl)c1)C(=O)O. The van der Waals surface area contributed by atoms with Crippen LogP contribution in [-0.4, -0.2) is 60.5 Å². The van der Waals surface area contributed by atoms with Gasteiger partial charge in [-0.3, -0.25) is 9.59 Å². The number of halogens is 4. The average Bonchev–Trinajstić information content (AvgIpc) is 2.94. The molecular formula is C29H28Cl4N2O8. The van der Waals surface area contributed by atoms with Crippen molar-refractivity contribution in [2.45, 2.75) is 25.8 Å². The third-order valence-electron chi connectivity index (χ3n) is 5.77.